The molecule has 2 N–H and O–H groups in total. The minimum atomic E-state index is 0. The minimum Gasteiger partial charge on any atom is -0.441 e. The summed E-state index contributed by atoms with van der Waals surface area (Å²) in [5.41, 5.74) is 7.32. The lowest BCUT2D eigenvalue weighted by atomic mass is 10.2. The van der Waals surface area contributed by atoms with E-state index >= 15 is 0 Å². The normalized spacial score (nSPS) is 9.73. The molecular weight excluding hydrogens is 212 g/mol. The molecule has 80 valence electrons. The lowest BCUT2D eigenvalue weighted by Crippen LogP contribution is -1.97. The molecule has 0 fully saturated rings. The highest BCUT2D eigenvalue weighted by Gasteiger charge is 2.08. The first-order valence-electron chi connectivity index (χ1n) is 4.53. The molecular formula is C11H13ClN2O. The van der Waals surface area contributed by atoms with Crippen LogP contribution in [0.1, 0.15) is 11.5 Å². The third-order valence-electron chi connectivity index (χ3n) is 2.11. The first kappa shape index (κ1) is 11.8. The molecule has 3 nitrogen and oxygen atoms in total. The molecule has 15 heavy (non-hydrogen) atoms. The quantitative estimate of drug-likeness (QED) is 0.853. The van der Waals surface area contributed by atoms with Gasteiger partial charge in [0.25, 0.3) is 0 Å². The largest absolute Gasteiger partial charge is 0.441 e. The third kappa shape index (κ3) is 2.37. The van der Waals surface area contributed by atoms with Gasteiger partial charge in [-0.25, -0.2) is 4.98 Å². The average Bonchev–Trinajstić information content (AvgIpc) is 2.61. The summed E-state index contributed by atoms with van der Waals surface area (Å²) in [6.45, 7) is 2.30. The van der Waals surface area contributed by atoms with Gasteiger partial charge in [-0.2, -0.15) is 0 Å². The summed E-state index contributed by atoms with van der Waals surface area (Å²) < 4.78 is 5.50. The average molecular weight is 225 g/mol. The summed E-state index contributed by atoms with van der Waals surface area (Å²) in [7, 11) is 0. The van der Waals surface area contributed by atoms with E-state index < -0.39 is 0 Å². The van der Waals surface area contributed by atoms with Crippen LogP contribution in [-0.4, -0.2) is 4.98 Å². The second-order valence-corrected chi connectivity index (χ2v) is 3.09. The fraction of sp³-hybridized carbons (Fsp3) is 0.182. The van der Waals surface area contributed by atoms with Crippen molar-refractivity contribution in [2.24, 2.45) is 5.73 Å². The van der Waals surface area contributed by atoms with E-state index in [0.717, 1.165) is 17.0 Å². The van der Waals surface area contributed by atoms with Crippen molar-refractivity contribution in [1.29, 1.82) is 0 Å². The number of nitrogens with zero attached hydrogens (tertiary/aromatic N) is 1. The smallest absolute Gasteiger partial charge is 0.226 e. The zero-order valence-corrected chi connectivity index (χ0v) is 9.25. The molecule has 0 amide bonds. The van der Waals surface area contributed by atoms with Crippen molar-refractivity contribution in [3.63, 3.8) is 0 Å². The van der Waals surface area contributed by atoms with Crippen LogP contribution in [0.15, 0.2) is 34.7 Å². The van der Waals surface area contributed by atoms with Crippen LogP contribution in [0.3, 0.4) is 0 Å². The number of rotatable bonds is 2. The summed E-state index contributed by atoms with van der Waals surface area (Å²) >= 11 is 0. The maximum Gasteiger partial charge on any atom is 0.226 e. The Labute approximate surface area is 94.7 Å². The van der Waals surface area contributed by atoms with Crippen LogP contribution < -0.4 is 5.73 Å². The molecule has 1 heterocycles. The second-order valence-electron chi connectivity index (χ2n) is 3.09. The number of hydrogen-bond acceptors (Lipinski definition) is 3. The minimum absolute atomic E-state index is 0. The Bertz CT molecular complexity index is 425. The fourth-order valence-electron chi connectivity index (χ4n) is 1.32. The van der Waals surface area contributed by atoms with Gasteiger partial charge in [0.15, 0.2) is 0 Å². The predicted octanol–water partition coefficient (Wildman–Crippen LogP) is 2.53. The molecule has 4 heteroatoms. The fourth-order valence-corrected chi connectivity index (χ4v) is 1.32. The Morgan fingerprint density at radius 1 is 1.27 bits per heavy atom. The third-order valence-corrected chi connectivity index (χ3v) is 2.11. The van der Waals surface area contributed by atoms with Crippen LogP contribution in [-0.2, 0) is 6.54 Å². The molecule has 2 aromatic rings. The molecule has 0 aliphatic rings. The number of oxazole rings is 1. The van der Waals surface area contributed by atoms with Crippen LogP contribution in [0.25, 0.3) is 11.5 Å². The number of benzene rings is 1. The highest BCUT2D eigenvalue weighted by Crippen LogP contribution is 2.20. The van der Waals surface area contributed by atoms with Gasteiger partial charge >= 0.3 is 0 Å². The van der Waals surface area contributed by atoms with Crippen molar-refractivity contribution in [2.45, 2.75) is 13.5 Å². The molecule has 0 saturated heterocycles. The molecule has 0 unspecified atom stereocenters. The summed E-state index contributed by atoms with van der Waals surface area (Å²) in [6.07, 6.45) is 0. The van der Waals surface area contributed by atoms with Gasteiger partial charge in [0.1, 0.15) is 5.76 Å². The van der Waals surface area contributed by atoms with Gasteiger partial charge in [-0.3, -0.25) is 0 Å². The zero-order valence-electron chi connectivity index (χ0n) is 8.43. The van der Waals surface area contributed by atoms with E-state index in [0.29, 0.717) is 12.4 Å². The molecule has 0 radical (unpaired) electrons. The maximum atomic E-state index is 5.52. The molecule has 0 aliphatic carbocycles. The molecule has 0 spiro atoms. The van der Waals surface area contributed by atoms with Crippen molar-refractivity contribution >= 4 is 12.4 Å². The number of nitrogens with two attached hydrogens (primary N) is 1. The van der Waals surface area contributed by atoms with Gasteiger partial charge in [-0.05, 0) is 19.1 Å². The zero-order chi connectivity index (χ0) is 9.97. The number of aromatic nitrogens is 1. The van der Waals surface area contributed by atoms with E-state index in [9.17, 15) is 0 Å². The summed E-state index contributed by atoms with van der Waals surface area (Å²) in [5.74, 6) is 1.44. The number of halogens is 1. The van der Waals surface area contributed by atoms with Gasteiger partial charge in [0, 0.05) is 12.1 Å². The Morgan fingerprint density at radius 2 is 1.93 bits per heavy atom. The van der Waals surface area contributed by atoms with Gasteiger partial charge in [0.05, 0.1) is 5.69 Å². The van der Waals surface area contributed by atoms with Crippen molar-refractivity contribution in [3.8, 4) is 11.5 Å². The van der Waals surface area contributed by atoms with Crippen LogP contribution in [0.5, 0.6) is 0 Å². The Morgan fingerprint density at radius 3 is 2.47 bits per heavy atom. The first-order valence-corrected chi connectivity index (χ1v) is 4.53. The number of aryl methyl sites for hydroxylation is 1. The molecule has 0 atom stereocenters. The highest BCUT2D eigenvalue weighted by molar-refractivity contribution is 5.85. The van der Waals surface area contributed by atoms with E-state index in [1.165, 1.54) is 0 Å². The van der Waals surface area contributed by atoms with E-state index in [2.05, 4.69) is 4.98 Å². The topological polar surface area (TPSA) is 52.0 Å². The van der Waals surface area contributed by atoms with Crippen molar-refractivity contribution in [2.75, 3.05) is 0 Å². The van der Waals surface area contributed by atoms with Crippen LogP contribution in [0, 0.1) is 6.92 Å². The molecule has 0 saturated carbocycles. The van der Waals surface area contributed by atoms with Crippen molar-refractivity contribution in [3.05, 3.63) is 41.8 Å². The Hall–Kier alpha value is -1.32. The van der Waals surface area contributed by atoms with Gasteiger partial charge in [-0.15, -0.1) is 12.4 Å². The van der Waals surface area contributed by atoms with Crippen LogP contribution in [0.2, 0.25) is 0 Å². The van der Waals surface area contributed by atoms with E-state index in [1.54, 1.807) is 0 Å². The Kier molecular flexibility index (Phi) is 3.88. The van der Waals surface area contributed by atoms with E-state index in [-0.39, 0.29) is 12.4 Å². The molecule has 2 rings (SSSR count). The lowest BCUT2D eigenvalue weighted by molar-refractivity contribution is 0.539. The van der Waals surface area contributed by atoms with Crippen molar-refractivity contribution in [1.82, 2.24) is 4.98 Å². The van der Waals surface area contributed by atoms with E-state index in [4.69, 9.17) is 10.2 Å². The monoisotopic (exact) mass is 224 g/mol. The summed E-state index contributed by atoms with van der Waals surface area (Å²) in [5, 5.41) is 0. The number of hydrogen-bond donors (Lipinski definition) is 1. The van der Waals surface area contributed by atoms with Crippen molar-refractivity contribution < 1.29 is 4.42 Å². The molecule has 0 bridgehead atoms. The van der Waals surface area contributed by atoms with Crippen LogP contribution in [0.4, 0.5) is 0 Å². The standard InChI is InChI=1S/C11H12N2O.ClH/c1-8-10(7-12)13-11(14-8)9-5-3-2-4-6-9;/h2-6H,7,12H2,1H3;1H. The van der Waals surface area contributed by atoms with Gasteiger partial charge in [-0.1, -0.05) is 18.2 Å². The first-order chi connectivity index (χ1) is 6.81. The van der Waals surface area contributed by atoms with Crippen LogP contribution >= 0.6 is 12.4 Å². The summed E-state index contributed by atoms with van der Waals surface area (Å²) in [4.78, 5) is 4.31. The highest BCUT2D eigenvalue weighted by atomic mass is 35.5. The Balaban J connectivity index is 0.00000112. The lowest BCUT2D eigenvalue weighted by Gasteiger charge is -1.91. The maximum absolute atomic E-state index is 5.52. The van der Waals surface area contributed by atoms with Gasteiger partial charge in [0.2, 0.25) is 5.89 Å². The van der Waals surface area contributed by atoms with E-state index in [1.807, 2.05) is 37.3 Å². The summed E-state index contributed by atoms with van der Waals surface area (Å²) in [6, 6.07) is 9.80. The molecule has 0 aliphatic heterocycles. The second kappa shape index (κ2) is 4.96. The molecule has 1 aromatic carbocycles. The SMILES string of the molecule is Cc1oc(-c2ccccc2)nc1CN.Cl. The van der Waals surface area contributed by atoms with Gasteiger partial charge < -0.3 is 10.2 Å². The molecule has 1 aromatic heterocycles. The predicted molar refractivity (Wildman–Crippen MR) is 61.8 cm³/mol.